The normalized spacial score (nSPS) is 17.0. The van der Waals surface area contributed by atoms with E-state index in [0.29, 0.717) is 28.8 Å². The summed E-state index contributed by atoms with van der Waals surface area (Å²) in [5.41, 5.74) is 0. The molecule has 1 aliphatic rings. The molecule has 5 nitrogen and oxygen atoms in total. The van der Waals surface area contributed by atoms with Gasteiger partial charge in [-0.1, -0.05) is 23.2 Å². The number of amides is 1. The summed E-state index contributed by atoms with van der Waals surface area (Å²) in [5, 5.41) is 9.81. The van der Waals surface area contributed by atoms with Gasteiger partial charge in [0, 0.05) is 18.1 Å². The highest BCUT2D eigenvalue weighted by molar-refractivity contribution is 6.35. The lowest BCUT2D eigenvalue weighted by molar-refractivity contribution is -0.141. The Morgan fingerprint density at radius 3 is 2.68 bits per heavy atom. The predicted octanol–water partition coefficient (Wildman–Crippen LogP) is 3.12. The minimum Gasteiger partial charge on any atom is -0.491 e. The minimum absolute atomic E-state index is 0. The molecule has 2 rings (SSSR count). The lowest BCUT2D eigenvalue weighted by Crippen LogP contribution is -2.30. The van der Waals surface area contributed by atoms with Crippen molar-refractivity contribution in [2.75, 3.05) is 19.7 Å². The van der Waals surface area contributed by atoms with E-state index in [-0.39, 0.29) is 37.9 Å². The van der Waals surface area contributed by atoms with Crippen LogP contribution in [0.2, 0.25) is 10.0 Å². The van der Waals surface area contributed by atoms with Crippen molar-refractivity contribution >= 4 is 47.5 Å². The van der Waals surface area contributed by atoms with E-state index < -0.39 is 11.9 Å². The molecule has 22 heavy (non-hydrogen) atoms. The number of carboxylic acid groups (broad SMARTS) is 1. The number of likely N-dealkylation sites (tertiary alicyclic amines) is 1. The van der Waals surface area contributed by atoms with Gasteiger partial charge in [-0.3, -0.25) is 9.59 Å². The van der Waals surface area contributed by atoms with E-state index in [0.717, 1.165) is 0 Å². The molecule has 1 amide bonds. The fraction of sp³-hybridized carbons (Fsp3) is 0.429. The molecule has 1 aliphatic heterocycles. The van der Waals surface area contributed by atoms with Crippen molar-refractivity contribution in [2.45, 2.75) is 12.8 Å². The molecule has 1 fully saturated rings. The van der Waals surface area contributed by atoms with Crippen molar-refractivity contribution in [3.63, 3.8) is 0 Å². The third-order valence-corrected chi connectivity index (χ3v) is 3.89. The van der Waals surface area contributed by atoms with Crippen LogP contribution in [0.15, 0.2) is 18.2 Å². The highest BCUT2D eigenvalue weighted by Crippen LogP contribution is 2.27. The molecule has 1 N–H and O–H groups in total. The topological polar surface area (TPSA) is 66.8 Å². The van der Waals surface area contributed by atoms with Gasteiger partial charge in [0.2, 0.25) is 5.91 Å². The van der Waals surface area contributed by atoms with Gasteiger partial charge in [0.15, 0.2) is 0 Å². The molecule has 122 valence electrons. The summed E-state index contributed by atoms with van der Waals surface area (Å²) in [6, 6.07) is 4.87. The largest absolute Gasteiger partial charge is 0.491 e. The molecule has 8 heteroatoms. The molecular weight excluding hydrogens is 353 g/mol. The Balaban J connectivity index is 0.00000242. The first kappa shape index (κ1) is 18.9. The van der Waals surface area contributed by atoms with Crippen molar-refractivity contribution in [1.82, 2.24) is 4.90 Å². The summed E-state index contributed by atoms with van der Waals surface area (Å²) in [5.74, 6) is -0.947. The lowest BCUT2D eigenvalue weighted by atomic mass is 10.1. The van der Waals surface area contributed by atoms with Crippen LogP contribution in [0.1, 0.15) is 12.8 Å². The average molecular weight is 369 g/mol. The summed E-state index contributed by atoms with van der Waals surface area (Å²) in [7, 11) is 0. The third kappa shape index (κ3) is 4.93. The first-order valence-corrected chi connectivity index (χ1v) is 7.31. The van der Waals surface area contributed by atoms with Gasteiger partial charge in [-0.2, -0.15) is 0 Å². The van der Waals surface area contributed by atoms with Gasteiger partial charge < -0.3 is 14.7 Å². The molecule has 0 aromatic heterocycles. The van der Waals surface area contributed by atoms with Gasteiger partial charge in [0.1, 0.15) is 5.75 Å². The summed E-state index contributed by atoms with van der Waals surface area (Å²) in [6.07, 6.45) is 0.691. The maximum absolute atomic E-state index is 11.9. The Morgan fingerprint density at radius 2 is 2.09 bits per heavy atom. The molecule has 0 spiro atoms. The Bertz CT molecular complexity index is 553. The Morgan fingerprint density at radius 1 is 1.36 bits per heavy atom. The van der Waals surface area contributed by atoms with Gasteiger partial charge in [-0.05, 0) is 24.6 Å². The van der Waals surface area contributed by atoms with Gasteiger partial charge in [-0.25, -0.2) is 0 Å². The van der Waals surface area contributed by atoms with E-state index in [4.69, 9.17) is 33.0 Å². The van der Waals surface area contributed by atoms with Crippen LogP contribution in [0.5, 0.6) is 5.75 Å². The van der Waals surface area contributed by atoms with Crippen molar-refractivity contribution in [3.8, 4) is 5.75 Å². The van der Waals surface area contributed by atoms with Crippen molar-refractivity contribution in [1.29, 1.82) is 0 Å². The van der Waals surface area contributed by atoms with Gasteiger partial charge in [0.05, 0.1) is 24.0 Å². The number of benzene rings is 1. The number of halogens is 3. The molecule has 0 aliphatic carbocycles. The Hall–Kier alpha value is -1.17. The second kappa shape index (κ2) is 8.46. The quantitative estimate of drug-likeness (QED) is 0.867. The molecule has 1 aromatic carbocycles. The zero-order valence-corrected chi connectivity index (χ0v) is 14.0. The number of nitrogens with zero attached hydrogens (tertiary/aromatic N) is 1. The maximum atomic E-state index is 11.9. The zero-order valence-electron chi connectivity index (χ0n) is 11.6. The number of carbonyl (C=O) groups excluding carboxylic acids is 1. The van der Waals surface area contributed by atoms with E-state index in [9.17, 15) is 9.59 Å². The Labute approximate surface area is 144 Å². The molecular formula is C14H16Cl3NO4. The predicted molar refractivity (Wildman–Crippen MR) is 86.1 cm³/mol. The summed E-state index contributed by atoms with van der Waals surface area (Å²) >= 11 is 11.7. The molecule has 0 radical (unpaired) electrons. The third-order valence-electron chi connectivity index (χ3n) is 3.36. The van der Waals surface area contributed by atoms with E-state index in [1.807, 2.05) is 0 Å². The maximum Gasteiger partial charge on any atom is 0.308 e. The first-order chi connectivity index (χ1) is 9.97. The van der Waals surface area contributed by atoms with Gasteiger partial charge >= 0.3 is 5.97 Å². The molecule has 0 saturated carbocycles. The fourth-order valence-electron chi connectivity index (χ4n) is 2.19. The van der Waals surface area contributed by atoms with Gasteiger partial charge in [-0.15, -0.1) is 12.4 Å². The highest BCUT2D eigenvalue weighted by atomic mass is 35.5. The van der Waals surface area contributed by atoms with E-state index >= 15 is 0 Å². The lowest BCUT2D eigenvalue weighted by Gasteiger charge is -2.16. The summed E-state index contributed by atoms with van der Waals surface area (Å²) in [6.45, 7) is 0.946. The number of carbonyl (C=O) groups is 2. The number of aliphatic carboxylic acids is 1. The number of hydrogen-bond donors (Lipinski definition) is 1. The highest BCUT2D eigenvalue weighted by Gasteiger charge is 2.30. The Kier molecular flexibility index (Phi) is 7.26. The van der Waals surface area contributed by atoms with E-state index in [1.54, 1.807) is 23.1 Å². The molecule has 1 atom stereocenters. The fourth-order valence-corrected chi connectivity index (χ4v) is 2.65. The van der Waals surface area contributed by atoms with E-state index in [1.165, 1.54) is 0 Å². The SMILES string of the molecule is Cl.O=C(O)C1CCN(C(=O)CCOc2ccc(Cl)cc2Cl)C1. The zero-order chi connectivity index (χ0) is 15.4. The van der Waals surface area contributed by atoms with E-state index in [2.05, 4.69) is 0 Å². The average Bonchev–Trinajstić information content (AvgIpc) is 2.91. The van der Waals surface area contributed by atoms with Crippen molar-refractivity contribution < 1.29 is 19.4 Å². The first-order valence-electron chi connectivity index (χ1n) is 6.56. The number of ether oxygens (including phenoxy) is 1. The monoisotopic (exact) mass is 367 g/mol. The van der Waals surface area contributed by atoms with Gasteiger partial charge in [0.25, 0.3) is 0 Å². The number of hydrogen-bond acceptors (Lipinski definition) is 3. The molecule has 0 bridgehead atoms. The minimum atomic E-state index is -0.852. The van der Waals surface area contributed by atoms with Crippen LogP contribution in [-0.4, -0.2) is 41.6 Å². The van der Waals surface area contributed by atoms with Crippen LogP contribution in [0, 0.1) is 5.92 Å². The second-order valence-corrected chi connectivity index (χ2v) is 5.68. The summed E-state index contributed by atoms with van der Waals surface area (Å²) in [4.78, 5) is 24.3. The standard InChI is InChI=1S/C14H15Cl2NO4.ClH/c15-10-1-2-12(11(16)7-10)21-6-4-13(18)17-5-3-9(8-17)14(19)20;/h1-2,7,9H,3-6,8H2,(H,19,20);1H. The van der Waals surface area contributed by atoms with Crippen LogP contribution in [0.4, 0.5) is 0 Å². The second-order valence-electron chi connectivity index (χ2n) is 4.84. The van der Waals surface area contributed by atoms with Crippen molar-refractivity contribution in [2.24, 2.45) is 5.92 Å². The molecule has 1 saturated heterocycles. The molecule has 1 aromatic rings. The molecule has 1 unspecified atom stereocenters. The number of carboxylic acids is 1. The smallest absolute Gasteiger partial charge is 0.308 e. The number of rotatable bonds is 5. The molecule has 1 heterocycles. The van der Waals surface area contributed by atoms with Crippen LogP contribution >= 0.6 is 35.6 Å². The summed E-state index contributed by atoms with van der Waals surface area (Å²) < 4.78 is 5.44. The van der Waals surface area contributed by atoms with Crippen molar-refractivity contribution in [3.05, 3.63) is 28.2 Å². The van der Waals surface area contributed by atoms with Crippen LogP contribution < -0.4 is 4.74 Å². The van der Waals surface area contributed by atoms with Crippen LogP contribution in [0.3, 0.4) is 0 Å². The van der Waals surface area contributed by atoms with Crippen LogP contribution in [-0.2, 0) is 9.59 Å². The van der Waals surface area contributed by atoms with Crippen LogP contribution in [0.25, 0.3) is 0 Å².